The first-order valence-corrected chi connectivity index (χ1v) is 10.8. The van der Waals surface area contributed by atoms with E-state index in [0.29, 0.717) is 49.0 Å². The zero-order chi connectivity index (χ0) is 21.8. The van der Waals surface area contributed by atoms with Crippen LogP contribution in [0.4, 0.5) is 10.5 Å². The molecule has 0 bridgehead atoms. The summed E-state index contributed by atoms with van der Waals surface area (Å²) >= 11 is 0. The van der Waals surface area contributed by atoms with Gasteiger partial charge in [-0.05, 0) is 62.6 Å². The van der Waals surface area contributed by atoms with Gasteiger partial charge in [0.15, 0.2) is 0 Å². The Morgan fingerprint density at radius 3 is 2.10 bits per heavy atom. The van der Waals surface area contributed by atoms with Gasteiger partial charge in [-0.15, -0.1) is 0 Å². The Morgan fingerprint density at radius 2 is 1.48 bits per heavy atom. The maximum Gasteiger partial charge on any atom is 0.319 e. The summed E-state index contributed by atoms with van der Waals surface area (Å²) in [7, 11) is 0. The van der Waals surface area contributed by atoms with E-state index in [0.717, 1.165) is 24.8 Å². The van der Waals surface area contributed by atoms with E-state index in [1.807, 2.05) is 36.1 Å². The van der Waals surface area contributed by atoms with Crippen LogP contribution in [0.5, 0.6) is 0 Å². The van der Waals surface area contributed by atoms with E-state index in [9.17, 15) is 14.4 Å². The summed E-state index contributed by atoms with van der Waals surface area (Å²) in [5, 5.41) is 5.66. The molecule has 7 nitrogen and oxygen atoms in total. The molecule has 0 aromatic heterocycles. The largest absolute Gasteiger partial charge is 0.337 e. The van der Waals surface area contributed by atoms with Gasteiger partial charge in [0.2, 0.25) is 0 Å². The number of hydrogen-bond donors (Lipinski definition) is 2. The smallest absolute Gasteiger partial charge is 0.319 e. The van der Waals surface area contributed by atoms with Crippen LogP contribution in [0.1, 0.15) is 45.5 Å². The summed E-state index contributed by atoms with van der Waals surface area (Å²) < 4.78 is 0. The van der Waals surface area contributed by atoms with Gasteiger partial charge in [-0.3, -0.25) is 9.59 Å². The molecule has 2 N–H and O–H groups in total. The maximum atomic E-state index is 13.0. The molecule has 0 unspecified atom stereocenters. The number of amides is 4. The molecule has 2 fully saturated rings. The number of urea groups is 1. The molecule has 1 saturated heterocycles. The summed E-state index contributed by atoms with van der Waals surface area (Å²) in [6, 6.07) is 14.6. The Bertz CT molecular complexity index is 969. The lowest BCUT2D eigenvalue weighted by atomic mass is 10.1. The summed E-state index contributed by atoms with van der Waals surface area (Å²) in [5.74, 6) is -0.0447. The third-order valence-electron chi connectivity index (χ3n) is 5.64. The SMILES string of the molecule is Cc1cccc(C(=O)N2CCCN(C(=O)c3ccc(NC(=O)NC4CC4)cc3)CC2)c1. The fourth-order valence-electron chi connectivity index (χ4n) is 3.74. The summed E-state index contributed by atoms with van der Waals surface area (Å²) in [6.45, 7) is 4.23. The first-order chi connectivity index (χ1) is 15.0. The lowest BCUT2D eigenvalue weighted by Gasteiger charge is -2.22. The van der Waals surface area contributed by atoms with Crippen LogP contribution in [0.15, 0.2) is 48.5 Å². The van der Waals surface area contributed by atoms with Crippen molar-refractivity contribution >= 4 is 23.5 Å². The minimum absolute atomic E-state index is 0.0119. The monoisotopic (exact) mass is 420 g/mol. The molecule has 1 heterocycles. The number of nitrogens with one attached hydrogen (secondary N) is 2. The molecule has 4 amide bonds. The van der Waals surface area contributed by atoms with Gasteiger partial charge < -0.3 is 20.4 Å². The van der Waals surface area contributed by atoms with Gasteiger partial charge in [-0.2, -0.15) is 0 Å². The van der Waals surface area contributed by atoms with Crippen molar-refractivity contribution in [3.8, 4) is 0 Å². The fraction of sp³-hybridized carbons (Fsp3) is 0.375. The number of anilines is 1. The Balaban J connectivity index is 1.33. The third-order valence-corrected chi connectivity index (χ3v) is 5.64. The van der Waals surface area contributed by atoms with Crippen molar-refractivity contribution in [1.82, 2.24) is 15.1 Å². The topological polar surface area (TPSA) is 81.8 Å². The predicted octanol–water partition coefficient (Wildman–Crippen LogP) is 3.27. The third kappa shape index (κ3) is 5.42. The first-order valence-electron chi connectivity index (χ1n) is 10.8. The van der Waals surface area contributed by atoms with Crippen molar-refractivity contribution in [3.63, 3.8) is 0 Å². The van der Waals surface area contributed by atoms with Gasteiger partial charge in [0.05, 0.1) is 0 Å². The molecule has 2 aliphatic rings. The Kier molecular flexibility index (Phi) is 6.21. The molecule has 0 radical (unpaired) electrons. The number of carbonyl (C=O) groups excluding carboxylic acids is 3. The van der Waals surface area contributed by atoms with Crippen molar-refractivity contribution in [2.24, 2.45) is 0 Å². The van der Waals surface area contributed by atoms with Crippen LogP contribution < -0.4 is 10.6 Å². The lowest BCUT2D eigenvalue weighted by molar-refractivity contribution is 0.0718. The van der Waals surface area contributed by atoms with Crippen molar-refractivity contribution in [3.05, 3.63) is 65.2 Å². The lowest BCUT2D eigenvalue weighted by Crippen LogP contribution is -2.37. The number of hydrogen-bond acceptors (Lipinski definition) is 3. The second-order valence-electron chi connectivity index (χ2n) is 8.26. The molecule has 2 aromatic rings. The molecule has 31 heavy (non-hydrogen) atoms. The highest BCUT2D eigenvalue weighted by molar-refractivity contribution is 5.96. The standard InChI is InChI=1S/C24H28N4O3/c1-17-4-2-5-19(16-17)23(30)28-13-3-12-27(14-15-28)22(29)18-6-8-20(9-7-18)25-24(31)26-21-10-11-21/h2,4-9,16,21H,3,10-15H2,1H3,(H2,25,26,31). The number of carbonyl (C=O) groups is 3. The second kappa shape index (κ2) is 9.20. The minimum atomic E-state index is -0.215. The summed E-state index contributed by atoms with van der Waals surface area (Å²) in [4.78, 5) is 41.3. The van der Waals surface area contributed by atoms with Crippen LogP contribution in [0.3, 0.4) is 0 Å². The molecular formula is C24H28N4O3. The maximum absolute atomic E-state index is 13.0. The molecule has 2 aromatic carbocycles. The first kappa shape index (κ1) is 20.9. The molecule has 1 aliphatic carbocycles. The average molecular weight is 421 g/mol. The molecule has 7 heteroatoms. The number of benzene rings is 2. The highest BCUT2D eigenvalue weighted by atomic mass is 16.2. The molecule has 0 spiro atoms. The van der Waals surface area contributed by atoms with Crippen molar-refractivity contribution in [1.29, 1.82) is 0 Å². The molecule has 4 rings (SSSR count). The number of rotatable bonds is 4. The van der Waals surface area contributed by atoms with E-state index in [4.69, 9.17) is 0 Å². The van der Waals surface area contributed by atoms with E-state index in [1.165, 1.54) is 0 Å². The zero-order valence-corrected chi connectivity index (χ0v) is 17.8. The van der Waals surface area contributed by atoms with Crippen molar-refractivity contribution in [2.45, 2.75) is 32.2 Å². The highest BCUT2D eigenvalue weighted by Gasteiger charge is 2.24. The predicted molar refractivity (Wildman–Crippen MR) is 119 cm³/mol. The van der Waals surface area contributed by atoms with E-state index in [2.05, 4.69) is 10.6 Å². The molecule has 0 atom stereocenters. The van der Waals surface area contributed by atoms with E-state index < -0.39 is 0 Å². The number of nitrogens with zero attached hydrogens (tertiary/aromatic N) is 2. The van der Waals surface area contributed by atoms with E-state index >= 15 is 0 Å². The summed E-state index contributed by atoms with van der Waals surface area (Å²) in [5.41, 5.74) is 2.97. The van der Waals surface area contributed by atoms with Gasteiger partial charge in [0.25, 0.3) is 11.8 Å². The van der Waals surface area contributed by atoms with Gasteiger partial charge in [-0.1, -0.05) is 17.7 Å². The fourth-order valence-corrected chi connectivity index (χ4v) is 3.74. The Hall–Kier alpha value is -3.35. The van der Waals surface area contributed by atoms with Gasteiger partial charge in [0.1, 0.15) is 0 Å². The quantitative estimate of drug-likeness (QED) is 0.797. The Labute approximate surface area is 182 Å². The minimum Gasteiger partial charge on any atom is -0.337 e. The molecular weight excluding hydrogens is 392 g/mol. The van der Waals surface area contributed by atoms with Crippen LogP contribution in [0.2, 0.25) is 0 Å². The van der Waals surface area contributed by atoms with Crippen LogP contribution >= 0.6 is 0 Å². The molecule has 162 valence electrons. The van der Waals surface area contributed by atoms with Crippen LogP contribution in [-0.2, 0) is 0 Å². The van der Waals surface area contributed by atoms with Crippen molar-refractivity contribution in [2.75, 3.05) is 31.5 Å². The van der Waals surface area contributed by atoms with E-state index in [-0.39, 0.29) is 17.8 Å². The summed E-state index contributed by atoms with van der Waals surface area (Å²) in [6.07, 6.45) is 2.81. The van der Waals surface area contributed by atoms with Crippen LogP contribution in [0.25, 0.3) is 0 Å². The van der Waals surface area contributed by atoms with Crippen LogP contribution in [0, 0.1) is 6.92 Å². The van der Waals surface area contributed by atoms with Gasteiger partial charge in [-0.25, -0.2) is 4.79 Å². The van der Waals surface area contributed by atoms with Crippen molar-refractivity contribution < 1.29 is 14.4 Å². The van der Waals surface area contributed by atoms with E-state index in [1.54, 1.807) is 29.2 Å². The second-order valence-corrected chi connectivity index (χ2v) is 8.26. The van der Waals surface area contributed by atoms with Gasteiger partial charge in [0, 0.05) is 49.0 Å². The molecule has 1 aliphatic heterocycles. The van der Waals surface area contributed by atoms with Crippen LogP contribution in [-0.4, -0.2) is 59.9 Å². The zero-order valence-electron chi connectivity index (χ0n) is 17.8. The Morgan fingerprint density at radius 1 is 0.839 bits per heavy atom. The van der Waals surface area contributed by atoms with Gasteiger partial charge >= 0.3 is 6.03 Å². The number of aryl methyl sites for hydroxylation is 1. The average Bonchev–Trinajstić information content (AvgIpc) is 3.60. The normalized spacial score (nSPS) is 16.4. The molecule has 1 saturated carbocycles. The highest BCUT2D eigenvalue weighted by Crippen LogP contribution is 2.19.